The minimum absolute atomic E-state index is 0.295. The second-order valence-electron chi connectivity index (χ2n) is 5.26. The van der Waals surface area contributed by atoms with Gasteiger partial charge in [-0.3, -0.25) is 0 Å². The summed E-state index contributed by atoms with van der Waals surface area (Å²) in [5.41, 5.74) is 3.67. The molecule has 0 spiro atoms. The van der Waals surface area contributed by atoms with Crippen LogP contribution in [0.4, 0.5) is 0 Å². The summed E-state index contributed by atoms with van der Waals surface area (Å²) < 4.78 is 3.15. The average molecular weight is 356 g/mol. The molecular weight excluding hydrogens is 338 g/mol. The fraction of sp³-hybridized carbons (Fsp3) is 0.167. The Balaban J connectivity index is 1.65. The van der Waals surface area contributed by atoms with Crippen molar-refractivity contribution < 1.29 is 0 Å². The molecule has 0 aliphatic carbocycles. The number of nitrogens with one attached hydrogen (secondary N) is 1. The molecule has 0 saturated heterocycles. The Morgan fingerprint density at radius 2 is 1.91 bits per heavy atom. The Morgan fingerprint density at radius 3 is 2.59 bits per heavy atom. The van der Waals surface area contributed by atoms with E-state index in [0.29, 0.717) is 6.04 Å². The predicted octanol–water partition coefficient (Wildman–Crippen LogP) is 4.49. The first-order chi connectivity index (χ1) is 10.7. The lowest BCUT2D eigenvalue weighted by atomic mass is 10.1. The second-order valence-corrected chi connectivity index (χ2v) is 6.11. The van der Waals surface area contributed by atoms with E-state index < -0.39 is 0 Å². The number of imidazole rings is 1. The molecule has 0 fully saturated rings. The Bertz CT molecular complexity index is 720. The molecule has 1 heterocycles. The van der Waals surface area contributed by atoms with Gasteiger partial charge >= 0.3 is 0 Å². The molecule has 3 rings (SSSR count). The SMILES string of the molecule is CC(NCc1ccccc1Br)c1ccc(-n2ccnc2)cc1. The molecule has 1 unspecified atom stereocenters. The minimum atomic E-state index is 0.295. The van der Waals surface area contributed by atoms with Crippen LogP contribution in [0.5, 0.6) is 0 Å². The number of benzene rings is 2. The topological polar surface area (TPSA) is 29.9 Å². The van der Waals surface area contributed by atoms with Gasteiger partial charge in [-0.2, -0.15) is 0 Å². The van der Waals surface area contributed by atoms with E-state index in [1.807, 2.05) is 23.2 Å². The summed E-state index contributed by atoms with van der Waals surface area (Å²) in [4.78, 5) is 4.07. The summed E-state index contributed by atoms with van der Waals surface area (Å²) in [6.45, 7) is 3.02. The van der Waals surface area contributed by atoms with Crippen molar-refractivity contribution >= 4 is 15.9 Å². The largest absolute Gasteiger partial charge is 0.306 e. The third kappa shape index (κ3) is 3.46. The first-order valence-electron chi connectivity index (χ1n) is 7.29. The summed E-state index contributed by atoms with van der Waals surface area (Å²) in [6.07, 6.45) is 5.54. The molecule has 1 aromatic heterocycles. The molecule has 0 saturated carbocycles. The molecule has 0 aliphatic rings. The smallest absolute Gasteiger partial charge is 0.0991 e. The summed E-state index contributed by atoms with van der Waals surface area (Å²) in [5, 5.41) is 3.56. The Labute approximate surface area is 139 Å². The number of hydrogen-bond donors (Lipinski definition) is 1. The monoisotopic (exact) mass is 355 g/mol. The van der Waals surface area contributed by atoms with E-state index in [0.717, 1.165) is 16.7 Å². The van der Waals surface area contributed by atoms with Crippen molar-refractivity contribution in [2.45, 2.75) is 19.5 Å². The maximum atomic E-state index is 4.07. The van der Waals surface area contributed by atoms with Crippen molar-refractivity contribution in [3.63, 3.8) is 0 Å². The number of aromatic nitrogens is 2. The molecule has 4 heteroatoms. The zero-order valence-corrected chi connectivity index (χ0v) is 14.0. The van der Waals surface area contributed by atoms with Gasteiger partial charge in [-0.25, -0.2) is 4.98 Å². The Kier molecular flexibility index (Phi) is 4.71. The van der Waals surface area contributed by atoms with E-state index in [2.05, 4.69) is 75.6 Å². The van der Waals surface area contributed by atoms with Gasteiger partial charge in [0.15, 0.2) is 0 Å². The summed E-state index contributed by atoms with van der Waals surface area (Å²) >= 11 is 3.59. The van der Waals surface area contributed by atoms with Crippen LogP contribution in [0.1, 0.15) is 24.1 Å². The van der Waals surface area contributed by atoms with Crippen LogP contribution in [0.2, 0.25) is 0 Å². The molecule has 2 aromatic carbocycles. The van der Waals surface area contributed by atoms with Crippen LogP contribution in [0.25, 0.3) is 5.69 Å². The molecule has 0 amide bonds. The van der Waals surface area contributed by atoms with E-state index in [1.54, 1.807) is 6.20 Å². The molecule has 0 radical (unpaired) electrons. The fourth-order valence-corrected chi connectivity index (χ4v) is 2.79. The van der Waals surface area contributed by atoms with Gasteiger partial charge in [-0.15, -0.1) is 0 Å². The molecule has 22 heavy (non-hydrogen) atoms. The molecule has 1 N–H and O–H groups in total. The molecular formula is C18H18BrN3. The van der Waals surface area contributed by atoms with Crippen LogP contribution in [-0.2, 0) is 6.54 Å². The fourth-order valence-electron chi connectivity index (χ4n) is 2.37. The van der Waals surface area contributed by atoms with E-state index in [4.69, 9.17) is 0 Å². The van der Waals surface area contributed by atoms with Crippen LogP contribution >= 0.6 is 15.9 Å². The van der Waals surface area contributed by atoms with Gasteiger partial charge in [-0.1, -0.05) is 46.3 Å². The highest BCUT2D eigenvalue weighted by molar-refractivity contribution is 9.10. The standard InChI is InChI=1S/C18H18BrN3/c1-14(21-12-16-4-2-3-5-18(16)19)15-6-8-17(9-7-15)22-11-10-20-13-22/h2-11,13-14,21H,12H2,1H3. The average Bonchev–Trinajstić information content (AvgIpc) is 3.08. The lowest BCUT2D eigenvalue weighted by Gasteiger charge is -2.15. The number of nitrogens with zero attached hydrogens (tertiary/aromatic N) is 2. The van der Waals surface area contributed by atoms with Crippen molar-refractivity contribution in [3.05, 3.63) is 82.9 Å². The lowest BCUT2D eigenvalue weighted by Crippen LogP contribution is -2.18. The van der Waals surface area contributed by atoms with Crippen molar-refractivity contribution in [3.8, 4) is 5.69 Å². The molecule has 0 bridgehead atoms. The Hall–Kier alpha value is -1.91. The molecule has 0 aliphatic heterocycles. The van der Waals surface area contributed by atoms with Gasteiger partial charge in [-0.05, 0) is 36.2 Å². The zero-order chi connectivity index (χ0) is 15.4. The maximum Gasteiger partial charge on any atom is 0.0991 e. The highest BCUT2D eigenvalue weighted by atomic mass is 79.9. The second kappa shape index (κ2) is 6.90. The molecule has 112 valence electrons. The van der Waals surface area contributed by atoms with Gasteiger partial charge in [0.05, 0.1) is 6.33 Å². The predicted molar refractivity (Wildman–Crippen MR) is 93.0 cm³/mol. The third-order valence-electron chi connectivity index (χ3n) is 3.75. The highest BCUT2D eigenvalue weighted by Gasteiger charge is 2.06. The zero-order valence-electron chi connectivity index (χ0n) is 12.4. The van der Waals surface area contributed by atoms with Crippen LogP contribution in [0.15, 0.2) is 71.7 Å². The summed E-state index contributed by atoms with van der Waals surface area (Å²) in [5.74, 6) is 0. The van der Waals surface area contributed by atoms with E-state index in [9.17, 15) is 0 Å². The highest BCUT2D eigenvalue weighted by Crippen LogP contribution is 2.19. The number of halogens is 1. The van der Waals surface area contributed by atoms with Crippen LogP contribution < -0.4 is 5.32 Å². The minimum Gasteiger partial charge on any atom is -0.306 e. The van der Waals surface area contributed by atoms with Crippen LogP contribution in [0.3, 0.4) is 0 Å². The molecule has 1 atom stereocenters. The van der Waals surface area contributed by atoms with E-state index in [1.165, 1.54) is 11.1 Å². The van der Waals surface area contributed by atoms with Crippen molar-refractivity contribution in [1.82, 2.24) is 14.9 Å². The molecule has 3 nitrogen and oxygen atoms in total. The van der Waals surface area contributed by atoms with Crippen molar-refractivity contribution in [2.24, 2.45) is 0 Å². The van der Waals surface area contributed by atoms with Gasteiger partial charge in [0.2, 0.25) is 0 Å². The third-order valence-corrected chi connectivity index (χ3v) is 4.53. The van der Waals surface area contributed by atoms with Gasteiger partial charge < -0.3 is 9.88 Å². The quantitative estimate of drug-likeness (QED) is 0.730. The van der Waals surface area contributed by atoms with Crippen LogP contribution in [0, 0.1) is 0 Å². The van der Waals surface area contributed by atoms with E-state index >= 15 is 0 Å². The van der Waals surface area contributed by atoms with Crippen molar-refractivity contribution in [2.75, 3.05) is 0 Å². The van der Waals surface area contributed by atoms with Gasteiger partial charge in [0.1, 0.15) is 0 Å². The molecule has 3 aromatic rings. The van der Waals surface area contributed by atoms with Gasteiger partial charge in [0.25, 0.3) is 0 Å². The van der Waals surface area contributed by atoms with Gasteiger partial charge in [0, 0.05) is 35.1 Å². The summed E-state index contributed by atoms with van der Waals surface area (Å²) in [6, 6.07) is 17.1. The summed E-state index contributed by atoms with van der Waals surface area (Å²) in [7, 11) is 0. The van der Waals surface area contributed by atoms with E-state index in [-0.39, 0.29) is 0 Å². The first kappa shape index (κ1) is 15.0. The normalized spacial score (nSPS) is 12.3. The maximum absolute atomic E-state index is 4.07. The lowest BCUT2D eigenvalue weighted by molar-refractivity contribution is 0.573. The van der Waals surface area contributed by atoms with Crippen molar-refractivity contribution in [1.29, 1.82) is 0 Å². The number of hydrogen-bond acceptors (Lipinski definition) is 2. The Morgan fingerprint density at radius 1 is 1.14 bits per heavy atom. The number of rotatable bonds is 5. The first-order valence-corrected chi connectivity index (χ1v) is 8.08. The van der Waals surface area contributed by atoms with Crippen LogP contribution in [-0.4, -0.2) is 9.55 Å².